The lowest BCUT2D eigenvalue weighted by Gasteiger charge is -2.27. The fourth-order valence-electron chi connectivity index (χ4n) is 2.82. The first-order valence-electron chi connectivity index (χ1n) is 8.28. The number of nitrogens with zero attached hydrogens (tertiary/aromatic N) is 1. The van der Waals surface area contributed by atoms with Crippen molar-refractivity contribution < 1.29 is 14.3 Å². The van der Waals surface area contributed by atoms with E-state index in [0.29, 0.717) is 23.5 Å². The zero-order valence-corrected chi connectivity index (χ0v) is 14.1. The summed E-state index contributed by atoms with van der Waals surface area (Å²) in [6.07, 6.45) is 2.52. The second-order valence-electron chi connectivity index (χ2n) is 5.86. The summed E-state index contributed by atoms with van der Waals surface area (Å²) in [7, 11) is 1.58. The van der Waals surface area contributed by atoms with Crippen molar-refractivity contribution in [1.29, 1.82) is 0 Å². The van der Waals surface area contributed by atoms with Crippen LogP contribution < -0.4 is 20.3 Å². The molecule has 0 bridgehead atoms. The number of carbonyl (C=O) groups is 2. The second-order valence-corrected chi connectivity index (χ2v) is 5.86. The first-order valence-corrected chi connectivity index (χ1v) is 8.28. The number of rotatable bonds is 4. The molecular formula is C19H21N3O3. The molecule has 1 saturated heterocycles. The van der Waals surface area contributed by atoms with E-state index in [4.69, 9.17) is 4.74 Å². The van der Waals surface area contributed by atoms with Gasteiger partial charge in [0.2, 0.25) is 5.91 Å². The van der Waals surface area contributed by atoms with Crippen LogP contribution in [0.1, 0.15) is 19.3 Å². The first kappa shape index (κ1) is 16.8. The Kier molecular flexibility index (Phi) is 5.18. The molecule has 0 spiro atoms. The van der Waals surface area contributed by atoms with Gasteiger partial charge in [0.05, 0.1) is 7.11 Å². The first-order chi connectivity index (χ1) is 12.2. The SMILES string of the molecule is COc1cccc(NC(=O)Nc2cccc(N3CCCCC3=O)c2)c1. The van der Waals surface area contributed by atoms with Gasteiger partial charge in [0, 0.05) is 36.1 Å². The van der Waals surface area contributed by atoms with Gasteiger partial charge >= 0.3 is 6.03 Å². The van der Waals surface area contributed by atoms with Crippen LogP contribution in [0, 0.1) is 0 Å². The van der Waals surface area contributed by atoms with Crippen molar-refractivity contribution in [3.63, 3.8) is 0 Å². The molecule has 3 amide bonds. The summed E-state index contributed by atoms with van der Waals surface area (Å²) >= 11 is 0. The van der Waals surface area contributed by atoms with E-state index in [-0.39, 0.29) is 11.9 Å². The van der Waals surface area contributed by atoms with Gasteiger partial charge in [-0.25, -0.2) is 4.79 Å². The minimum Gasteiger partial charge on any atom is -0.497 e. The number of hydrogen-bond donors (Lipinski definition) is 2. The standard InChI is InChI=1S/C19H21N3O3/c1-25-17-9-5-7-15(13-17)21-19(24)20-14-6-4-8-16(12-14)22-11-3-2-10-18(22)23/h4-9,12-13H,2-3,10-11H2,1H3,(H2,20,21,24). The van der Waals surface area contributed by atoms with E-state index >= 15 is 0 Å². The Bertz CT molecular complexity index is 776. The Morgan fingerprint density at radius 1 is 1.04 bits per heavy atom. The van der Waals surface area contributed by atoms with Crippen LogP contribution in [0.2, 0.25) is 0 Å². The van der Waals surface area contributed by atoms with Gasteiger partial charge in [-0.1, -0.05) is 12.1 Å². The molecular weight excluding hydrogens is 318 g/mol. The number of piperidine rings is 1. The molecule has 2 aromatic rings. The third-order valence-electron chi connectivity index (χ3n) is 4.07. The number of carbonyl (C=O) groups excluding carboxylic acids is 2. The third kappa shape index (κ3) is 4.29. The topological polar surface area (TPSA) is 70.7 Å². The number of ether oxygens (including phenoxy) is 1. The molecule has 6 heteroatoms. The van der Waals surface area contributed by atoms with Crippen molar-refractivity contribution in [2.75, 3.05) is 29.2 Å². The van der Waals surface area contributed by atoms with Crippen molar-refractivity contribution in [3.8, 4) is 5.75 Å². The van der Waals surface area contributed by atoms with Gasteiger partial charge in [0.1, 0.15) is 5.75 Å². The fourth-order valence-corrected chi connectivity index (χ4v) is 2.82. The summed E-state index contributed by atoms with van der Waals surface area (Å²) < 4.78 is 5.14. The quantitative estimate of drug-likeness (QED) is 0.889. The van der Waals surface area contributed by atoms with Gasteiger partial charge in [-0.2, -0.15) is 0 Å². The van der Waals surface area contributed by atoms with Gasteiger partial charge < -0.3 is 20.3 Å². The number of benzene rings is 2. The van der Waals surface area contributed by atoms with Gasteiger partial charge in [-0.15, -0.1) is 0 Å². The summed E-state index contributed by atoms with van der Waals surface area (Å²) in [4.78, 5) is 26.0. The van der Waals surface area contributed by atoms with E-state index in [1.54, 1.807) is 36.3 Å². The van der Waals surface area contributed by atoms with Crippen LogP contribution in [-0.4, -0.2) is 25.6 Å². The van der Waals surface area contributed by atoms with Crippen molar-refractivity contribution in [2.24, 2.45) is 0 Å². The monoisotopic (exact) mass is 339 g/mol. The van der Waals surface area contributed by atoms with Gasteiger partial charge in [0.15, 0.2) is 0 Å². The van der Waals surface area contributed by atoms with Gasteiger partial charge in [-0.3, -0.25) is 4.79 Å². The van der Waals surface area contributed by atoms with Crippen LogP contribution in [0.15, 0.2) is 48.5 Å². The highest BCUT2D eigenvalue weighted by molar-refractivity contribution is 6.01. The number of urea groups is 1. The smallest absolute Gasteiger partial charge is 0.323 e. The molecule has 3 rings (SSSR count). The van der Waals surface area contributed by atoms with Crippen LogP contribution in [0.5, 0.6) is 5.75 Å². The minimum absolute atomic E-state index is 0.129. The van der Waals surface area contributed by atoms with Crippen LogP contribution in [0.3, 0.4) is 0 Å². The van der Waals surface area contributed by atoms with E-state index in [0.717, 1.165) is 25.1 Å². The summed E-state index contributed by atoms with van der Waals surface area (Å²) in [5.74, 6) is 0.799. The molecule has 2 aromatic carbocycles. The number of amides is 3. The summed E-state index contributed by atoms with van der Waals surface area (Å²) in [6.45, 7) is 0.721. The highest BCUT2D eigenvalue weighted by Crippen LogP contribution is 2.24. The Hall–Kier alpha value is -3.02. The Labute approximate surface area is 146 Å². The van der Waals surface area contributed by atoms with E-state index in [9.17, 15) is 9.59 Å². The maximum absolute atomic E-state index is 12.2. The minimum atomic E-state index is -0.352. The molecule has 0 saturated carbocycles. The summed E-state index contributed by atoms with van der Waals surface area (Å²) in [5, 5.41) is 5.56. The lowest BCUT2D eigenvalue weighted by molar-refractivity contribution is -0.119. The molecule has 6 nitrogen and oxygen atoms in total. The van der Waals surface area contributed by atoms with Crippen molar-refractivity contribution in [2.45, 2.75) is 19.3 Å². The number of anilines is 3. The maximum atomic E-state index is 12.2. The van der Waals surface area contributed by atoms with E-state index in [2.05, 4.69) is 10.6 Å². The molecule has 1 aliphatic rings. The Balaban J connectivity index is 1.67. The summed E-state index contributed by atoms with van der Waals surface area (Å²) in [6, 6.07) is 14.1. The molecule has 1 aliphatic heterocycles. The molecule has 1 heterocycles. The number of methoxy groups -OCH3 is 1. The van der Waals surface area contributed by atoms with Gasteiger partial charge in [0.25, 0.3) is 0 Å². The van der Waals surface area contributed by atoms with E-state index in [1.165, 1.54) is 0 Å². The second kappa shape index (κ2) is 7.70. The normalized spacial score (nSPS) is 14.1. The van der Waals surface area contributed by atoms with Crippen LogP contribution in [0.25, 0.3) is 0 Å². The molecule has 0 unspecified atom stereocenters. The molecule has 0 aliphatic carbocycles. The zero-order valence-electron chi connectivity index (χ0n) is 14.1. The van der Waals surface area contributed by atoms with Gasteiger partial charge in [-0.05, 0) is 43.2 Å². The number of nitrogens with one attached hydrogen (secondary N) is 2. The average molecular weight is 339 g/mol. The van der Waals surface area contributed by atoms with Crippen LogP contribution in [0.4, 0.5) is 21.9 Å². The zero-order chi connectivity index (χ0) is 17.6. The highest BCUT2D eigenvalue weighted by atomic mass is 16.5. The fraction of sp³-hybridized carbons (Fsp3) is 0.263. The molecule has 0 aromatic heterocycles. The van der Waals surface area contributed by atoms with Crippen molar-refractivity contribution in [1.82, 2.24) is 0 Å². The average Bonchev–Trinajstić information content (AvgIpc) is 2.62. The molecule has 1 fully saturated rings. The van der Waals surface area contributed by atoms with Crippen LogP contribution >= 0.6 is 0 Å². The number of hydrogen-bond acceptors (Lipinski definition) is 3. The summed E-state index contributed by atoms with van der Waals surface area (Å²) in [5.41, 5.74) is 2.08. The maximum Gasteiger partial charge on any atom is 0.323 e. The largest absolute Gasteiger partial charge is 0.497 e. The molecule has 0 radical (unpaired) electrons. The van der Waals surface area contributed by atoms with Crippen LogP contribution in [-0.2, 0) is 4.79 Å². The Morgan fingerprint density at radius 2 is 1.76 bits per heavy atom. The highest BCUT2D eigenvalue weighted by Gasteiger charge is 2.19. The predicted octanol–water partition coefficient (Wildman–Crippen LogP) is 3.86. The molecule has 130 valence electrons. The van der Waals surface area contributed by atoms with E-state index < -0.39 is 0 Å². The van der Waals surface area contributed by atoms with Crippen molar-refractivity contribution in [3.05, 3.63) is 48.5 Å². The lowest BCUT2D eigenvalue weighted by Crippen LogP contribution is -2.35. The lowest BCUT2D eigenvalue weighted by atomic mass is 10.1. The third-order valence-corrected chi connectivity index (χ3v) is 4.07. The van der Waals surface area contributed by atoms with Crippen molar-refractivity contribution >= 4 is 29.0 Å². The predicted molar refractivity (Wildman–Crippen MR) is 98.3 cm³/mol. The molecule has 0 atom stereocenters. The molecule has 25 heavy (non-hydrogen) atoms. The van der Waals surface area contributed by atoms with E-state index in [1.807, 2.05) is 24.3 Å². The Morgan fingerprint density at radius 3 is 2.48 bits per heavy atom. The molecule has 2 N–H and O–H groups in total.